The lowest BCUT2D eigenvalue weighted by Gasteiger charge is -2.21. The highest BCUT2D eigenvalue weighted by Crippen LogP contribution is 2.34. The Morgan fingerprint density at radius 3 is 2.48 bits per heavy atom. The Hall–Kier alpha value is -2.92. The van der Waals surface area contributed by atoms with E-state index in [4.69, 9.17) is 0 Å². The number of benzene rings is 1. The number of anilines is 1. The number of halogens is 3. The van der Waals surface area contributed by atoms with E-state index in [0.717, 1.165) is 23.9 Å². The molecule has 1 N–H and O–H groups in total. The molecular formula is C20H20F3N5O2S. The second kappa shape index (κ2) is 7.97. The highest BCUT2D eigenvalue weighted by atomic mass is 32.2. The maximum absolute atomic E-state index is 13.1. The Balaban J connectivity index is 1.65. The van der Waals surface area contributed by atoms with Gasteiger partial charge < -0.3 is 9.88 Å². The first kappa shape index (κ1) is 21.3. The third kappa shape index (κ3) is 4.42. The molecule has 0 spiro atoms. The van der Waals surface area contributed by atoms with E-state index < -0.39 is 27.8 Å². The number of imidazole rings is 1. The van der Waals surface area contributed by atoms with Gasteiger partial charge in [-0.1, -0.05) is 30.3 Å². The number of nitrogens with one attached hydrogen (secondary N) is 1. The SMILES string of the molecule is Cn1cnc(S(=O)(=O)N2C[C@@H](Nc3cc(C(F)(F)F)ccn3)[C@H](c3ccccc3)C2)c1. The van der Waals surface area contributed by atoms with Crippen LogP contribution in [0.5, 0.6) is 0 Å². The summed E-state index contributed by atoms with van der Waals surface area (Å²) in [7, 11) is -2.18. The van der Waals surface area contributed by atoms with E-state index in [2.05, 4.69) is 15.3 Å². The summed E-state index contributed by atoms with van der Waals surface area (Å²) in [5.41, 5.74) is 0.0583. The maximum Gasteiger partial charge on any atom is 0.416 e. The molecule has 1 aromatic carbocycles. The molecule has 1 aliphatic rings. The number of aryl methyl sites for hydroxylation is 1. The molecule has 7 nitrogen and oxygen atoms in total. The van der Waals surface area contributed by atoms with Crippen LogP contribution in [0.4, 0.5) is 19.0 Å². The Kier molecular flexibility index (Phi) is 5.48. The predicted octanol–water partition coefficient (Wildman–Crippen LogP) is 3.10. The van der Waals surface area contributed by atoms with Crippen LogP contribution in [-0.2, 0) is 23.2 Å². The summed E-state index contributed by atoms with van der Waals surface area (Å²) in [5.74, 6) is -0.242. The molecule has 2 atom stereocenters. The van der Waals surface area contributed by atoms with Crippen LogP contribution in [-0.4, -0.2) is 46.4 Å². The molecule has 0 radical (unpaired) electrons. The number of aromatic nitrogens is 3. The van der Waals surface area contributed by atoms with Crippen molar-refractivity contribution in [2.75, 3.05) is 18.4 Å². The zero-order valence-electron chi connectivity index (χ0n) is 16.5. The van der Waals surface area contributed by atoms with Crippen LogP contribution in [0.25, 0.3) is 0 Å². The first-order valence-electron chi connectivity index (χ1n) is 9.47. The monoisotopic (exact) mass is 451 g/mol. The molecule has 0 aliphatic carbocycles. The number of pyridine rings is 1. The highest BCUT2D eigenvalue weighted by Gasteiger charge is 2.41. The van der Waals surface area contributed by atoms with E-state index in [-0.39, 0.29) is 29.9 Å². The van der Waals surface area contributed by atoms with Crippen LogP contribution >= 0.6 is 0 Å². The van der Waals surface area contributed by atoms with Crippen molar-refractivity contribution in [3.8, 4) is 0 Å². The van der Waals surface area contributed by atoms with Crippen molar-refractivity contribution in [2.45, 2.75) is 23.2 Å². The lowest BCUT2D eigenvalue weighted by molar-refractivity contribution is -0.137. The normalized spacial score (nSPS) is 20.1. The number of hydrogen-bond donors (Lipinski definition) is 1. The van der Waals surface area contributed by atoms with E-state index in [1.807, 2.05) is 30.3 Å². The first-order chi connectivity index (χ1) is 14.6. The molecule has 0 bridgehead atoms. The fraction of sp³-hybridized carbons (Fsp3) is 0.300. The molecular weight excluding hydrogens is 431 g/mol. The smallest absolute Gasteiger partial charge is 0.365 e. The Morgan fingerprint density at radius 2 is 1.84 bits per heavy atom. The summed E-state index contributed by atoms with van der Waals surface area (Å²) in [6, 6.07) is 10.6. The number of rotatable bonds is 5. The molecule has 2 aromatic heterocycles. The standard InChI is InChI=1S/C20H20F3N5O2S/c1-27-12-19(25-13-27)31(29,30)28-10-16(14-5-3-2-4-6-14)17(11-28)26-18-9-15(7-8-24-18)20(21,22)23/h2-9,12-13,16-17H,10-11H2,1H3,(H,24,26)/t16-,17+/m0/s1. The van der Waals surface area contributed by atoms with Gasteiger partial charge in [0.05, 0.1) is 11.9 Å². The van der Waals surface area contributed by atoms with Crippen molar-refractivity contribution in [3.63, 3.8) is 0 Å². The lowest BCUT2D eigenvalue weighted by atomic mass is 9.94. The van der Waals surface area contributed by atoms with Crippen LogP contribution in [0.1, 0.15) is 17.0 Å². The topological polar surface area (TPSA) is 80.1 Å². The molecule has 3 aromatic rings. The fourth-order valence-corrected chi connectivity index (χ4v) is 5.14. The van der Waals surface area contributed by atoms with Crippen LogP contribution in [0.15, 0.2) is 66.2 Å². The van der Waals surface area contributed by atoms with Gasteiger partial charge in [-0.05, 0) is 17.7 Å². The molecule has 1 aliphatic heterocycles. The van der Waals surface area contributed by atoms with E-state index in [0.29, 0.717) is 0 Å². The van der Waals surface area contributed by atoms with E-state index >= 15 is 0 Å². The van der Waals surface area contributed by atoms with Gasteiger partial charge in [-0.25, -0.2) is 18.4 Å². The summed E-state index contributed by atoms with van der Waals surface area (Å²) in [4.78, 5) is 7.95. The van der Waals surface area contributed by atoms with Gasteiger partial charge in [0.25, 0.3) is 10.0 Å². The molecule has 0 unspecified atom stereocenters. The average molecular weight is 451 g/mol. The van der Waals surface area contributed by atoms with Crippen LogP contribution in [0.2, 0.25) is 0 Å². The molecule has 11 heteroatoms. The van der Waals surface area contributed by atoms with Gasteiger partial charge in [0, 0.05) is 44.5 Å². The van der Waals surface area contributed by atoms with Crippen molar-refractivity contribution in [1.29, 1.82) is 0 Å². The van der Waals surface area contributed by atoms with Gasteiger partial charge in [-0.2, -0.15) is 17.5 Å². The molecule has 0 amide bonds. The molecule has 164 valence electrons. The van der Waals surface area contributed by atoms with Crippen molar-refractivity contribution in [2.24, 2.45) is 7.05 Å². The fourth-order valence-electron chi connectivity index (χ4n) is 3.68. The number of alkyl halides is 3. The van der Waals surface area contributed by atoms with Gasteiger partial charge in [-0.15, -0.1) is 0 Å². The summed E-state index contributed by atoms with van der Waals surface area (Å²) >= 11 is 0. The predicted molar refractivity (Wildman–Crippen MR) is 108 cm³/mol. The molecule has 4 rings (SSSR count). The molecule has 1 fully saturated rings. The minimum Gasteiger partial charge on any atom is -0.365 e. The van der Waals surface area contributed by atoms with Gasteiger partial charge in [-0.3, -0.25) is 0 Å². The van der Waals surface area contributed by atoms with E-state index in [9.17, 15) is 21.6 Å². The second-order valence-electron chi connectivity index (χ2n) is 7.39. The minimum absolute atomic E-state index is 0.0397. The Labute approximate surface area is 177 Å². The van der Waals surface area contributed by atoms with Gasteiger partial charge in [0.15, 0.2) is 5.03 Å². The third-order valence-corrected chi connectivity index (χ3v) is 6.94. The number of nitrogens with zero attached hydrogens (tertiary/aromatic N) is 4. The molecule has 3 heterocycles. The average Bonchev–Trinajstić information content (AvgIpc) is 3.36. The van der Waals surface area contributed by atoms with Crippen LogP contribution in [0, 0.1) is 0 Å². The van der Waals surface area contributed by atoms with Gasteiger partial charge >= 0.3 is 6.18 Å². The first-order valence-corrected chi connectivity index (χ1v) is 10.9. The van der Waals surface area contributed by atoms with E-state index in [1.54, 1.807) is 11.6 Å². The summed E-state index contributed by atoms with van der Waals surface area (Å²) in [6.07, 6.45) is -0.593. The maximum atomic E-state index is 13.1. The second-order valence-corrected chi connectivity index (χ2v) is 9.28. The minimum atomic E-state index is -4.50. The van der Waals surface area contributed by atoms with Crippen LogP contribution in [0.3, 0.4) is 0 Å². The zero-order chi connectivity index (χ0) is 22.2. The quantitative estimate of drug-likeness (QED) is 0.645. The van der Waals surface area contributed by atoms with Gasteiger partial charge in [0.2, 0.25) is 0 Å². The van der Waals surface area contributed by atoms with Crippen molar-refractivity contribution >= 4 is 15.8 Å². The van der Waals surface area contributed by atoms with Crippen LogP contribution < -0.4 is 5.32 Å². The van der Waals surface area contributed by atoms with E-state index in [1.165, 1.54) is 16.8 Å². The number of hydrogen-bond acceptors (Lipinski definition) is 5. The Morgan fingerprint density at radius 1 is 1.10 bits per heavy atom. The Bertz CT molecular complexity index is 1160. The lowest BCUT2D eigenvalue weighted by Crippen LogP contribution is -2.32. The highest BCUT2D eigenvalue weighted by molar-refractivity contribution is 7.89. The summed E-state index contributed by atoms with van der Waals surface area (Å²) in [6.45, 7) is 0.232. The third-order valence-electron chi connectivity index (χ3n) is 5.22. The van der Waals surface area contributed by atoms with Gasteiger partial charge in [0.1, 0.15) is 5.82 Å². The van der Waals surface area contributed by atoms with Crippen molar-refractivity contribution in [3.05, 3.63) is 72.3 Å². The number of sulfonamides is 1. The zero-order valence-corrected chi connectivity index (χ0v) is 17.3. The summed E-state index contributed by atoms with van der Waals surface area (Å²) in [5, 5.41) is 2.95. The van der Waals surface area contributed by atoms with Crippen molar-refractivity contribution in [1.82, 2.24) is 18.8 Å². The largest absolute Gasteiger partial charge is 0.416 e. The van der Waals surface area contributed by atoms with Crippen molar-refractivity contribution < 1.29 is 21.6 Å². The molecule has 1 saturated heterocycles. The molecule has 31 heavy (non-hydrogen) atoms. The summed E-state index contributed by atoms with van der Waals surface area (Å²) < 4.78 is 68.2. The molecule has 0 saturated carbocycles.